The number of aromatic nitrogens is 4. The number of hydrogen-bond donors (Lipinski definition) is 0. The molecule has 5 nitrogen and oxygen atoms in total. The summed E-state index contributed by atoms with van der Waals surface area (Å²) in [6.07, 6.45) is 2.58. The average Bonchev–Trinajstić information content (AvgIpc) is 2.83. The zero-order valence-corrected chi connectivity index (χ0v) is 13.3. The second kappa shape index (κ2) is 4.95. The Kier molecular flexibility index (Phi) is 3.04. The van der Waals surface area contributed by atoms with Crippen molar-refractivity contribution >= 4 is 28.3 Å². The van der Waals surface area contributed by atoms with Gasteiger partial charge in [-0.25, -0.2) is 15.0 Å². The minimum absolute atomic E-state index is 0.513. The van der Waals surface area contributed by atoms with Crippen LogP contribution in [-0.4, -0.2) is 26.1 Å². The molecule has 22 heavy (non-hydrogen) atoms. The summed E-state index contributed by atoms with van der Waals surface area (Å²) in [4.78, 5) is 15.6. The molecule has 6 heteroatoms. The van der Waals surface area contributed by atoms with Crippen LogP contribution in [0, 0.1) is 6.92 Å². The molecule has 0 saturated carbocycles. The third kappa shape index (κ3) is 1.96. The van der Waals surface area contributed by atoms with E-state index in [0.717, 1.165) is 47.6 Å². The Bertz CT molecular complexity index is 870. The Morgan fingerprint density at radius 2 is 2.09 bits per heavy atom. The van der Waals surface area contributed by atoms with E-state index in [4.69, 9.17) is 11.6 Å². The number of imidazole rings is 1. The summed E-state index contributed by atoms with van der Waals surface area (Å²) >= 11 is 6.18. The number of aryl methyl sites for hydroxylation is 2. The third-order valence-corrected chi connectivity index (χ3v) is 4.73. The SMILES string of the molecule is Cc1ncnc2c1CN(c1cccc3c1nc(Cl)n3C)CC2. The van der Waals surface area contributed by atoms with Gasteiger partial charge in [0.05, 0.1) is 16.9 Å². The molecule has 0 atom stereocenters. The third-order valence-electron chi connectivity index (χ3n) is 4.39. The van der Waals surface area contributed by atoms with E-state index in [1.165, 1.54) is 5.56 Å². The van der Waals surface area contributed by atoms with E-state index in [-0.39, 0.29) is 0 Å². The fourth-order valence-corrected chi connectivity index (χ4v) is 3.29. The van der Waals surface area contributed by atoms with Gasteiger partial charge in [0.15, 0.2) is 0 Å². The first kappa shape index (κ1) is 13.5. The molecule has 0 amide bonds. The first-order valence-electron chi connectivity index (χ1n) is 7.30. The van der Waals surface area contributed by atoms with Gasteiger partial charge in [-0.3, -0.25) is 0 Å². The van der Waals surface area contributed by atoms with Gasteiger partial charge in [-0.2, -0.15) is 0 Å². The molecule has 0 unspecified atom stereocenters. The van der Waals surface area contributed by atoms with Crippen LogP contribution in [-0.2, 0) is 20.0 Å². The molecule has 0 spiro atoms. The van der Waals surface area contributed by atoms with Gasteiger partial charge in [0.25, 0.3) is 0 Å². The predicted octanol–water partition coefficient (Wildman–Crippen LogP) is 2.89. The van der Waals surface area contributed by atoms with Crippen molar-refractivity contribution in [2.24, 2.45) is 7.05 Å². The predicted molar refractivity (Wildman–Crippen MR) is 87.2 cm³/mol. The highest BCUT2D eigenvalue weighted by atomic mass is 35.5. The van der Waals surface area contributed by atoms with E-state index in [2.05, 4.69) is 32.0 Å². The maximum Gasteiger partial charge on any atom is 0.203 e. The molecule has 0 N–H and O–H groups in total. The second-order valence-electron chi connectivity index (χ2n) is 5.64. The molecular formula is C16H16ClN5. The number of halogens is 1. The molecule has 0 fully saturated rings. The highest BCUT2D eigenvalue weighted by Crippen LogP contribution is 2.31. The van der Waals surface area contributed by atoms with Crippen molar-refractivity contribution in [1.29, 1.82) is 0 Å². The van der Waals surface area contributed by atoms with Gasteiger partial charge in [0, 0.05) is 37.8 Å². The Morgan fingerprint density at radius 1 is 1.23 bits per heavy atom. The van der Waals surface area contributed by atoms with E-state index in [0.29, 0.717) is 5.28 Å². The molecule has 1 aromatic carbocycles. The zero-order chi connectivity index (χ0) is 15.3. The van der Waals surface area contributed by atoms with Crippen molar-refractivity contribution in [3.8, 4) is 0 Å². The molecule has 0 saturated heterocycles. The largest absolute Gasteiger partial charge is 0.365 e. The summed E-state index contributed by atoms with van der Waals surface area (Å²) in [6, 6.07) is 6.21. The van der Waals surface area contributed by atoms with Crippen molar-refractivity contribution in [2.75, 3.05) is 11.4 Å². The van der Waals surface area contributed by atoms with Crippen LogP contribution < -0.4 is 4.90 Å². The van der Waals surface area contributed by atoms with Crippen LogP contribution in [0.5, 0.6) is 0 Å². The van der Waals surface area contributed by atoms with E-state index in [1.807, 2.05) is 24.6 Å². The summed E-state index contributed by atoms with van der Waals surface area (Å²) < 4.78 is 1.91. The summed E-state index contributed by atoms with van der Waals surface area (Å²) in [5.41, 5.74) is 6.57. The van der Waals surface area contributed by atoms with Gasteiger partial charge in [0.1, 0.15) is 11.8 Å². The lowest BCUT2D eigenvalue weighted by molar-refractivity contribution is 0.699. The van der Waals surface area contributed by atoms with E-state index in [1.54, 1.807) is 6.33 Å². The molecule has 1 aliphatic heterocycles. The van der Waals surface area contributed by atoms with Crippen molar-refractivity contribution in [2.45, 2.75) is 19.9 Å². The quantitative estimate of drug-likeness (QED) is 0.693. The van der Waals surface area contributed by atoms with E-state index in [9.17, 15) is 0 Å². The number of anilines is 1. The van der Waals surface area contributed by atoms with Crippen LogP contribution in [0.15, 0.2) is 24.5 Å². The summed E-state index contributed by atoms with van der Waals surface area (Å²) in [6.45, 7) is 3.79. The van der Waals surface area contributed by atoms with Gasteiger partial charge in [-0.15, -0.1) is 0 Å². The Morgan fingerprint density at radius 3 is 2.95 bits per heavy atom. The highest BCUT2D eigenvalue weighted by Gasteiger charge is 2.22. The Hall–Kier alpha value is -2.14. The fourth-order valence-electron chi connectivity index (χ4n) is 3.11. The lowest BCUT2D eigenvalue weighted by Gasteiger charge is -2.30. The van der Waals surface area contributed by atoms with Gasteiger partial charge in [-0.05, 0) is 30.7 Å². The molecule has 4 rings (SSSR count). The van der Waals surface area contributed by atoms with Crippen LogP contribution in [0.25, 0.3) is 11.0 Å². The molecule has 0 bridgehead atoms. The first-order valence-corrected chi connectivity index (χ1v) is 7.68. The van der Waals surface area contributed by atoms with Crippen LogP contribution in [0.4, 0.5) is 5.69 Å². The van der Waals surface area contributed by atoms with Crippen LogP contribution in [0.1, 0.15) is 17.0 Å². The Labute approximate surface area is 133 Å². The molecule has 3 aromatic rings. The molecule has 112 valence electrons. The van der Waals surface area contributed by atoms with Crippen LogP contribution >= 0.6 is 11.6 Å². The second-order valence-corrected chi connectivity index (χ2v) is 5.98. The molecular weight excluding hydrogens is 298 g/mol. The maximum absolute atomic E-state index is 6.18. The van der Waals surface area contributed by atoms with Crippen molar-refractivity contribution < 1.29 is 0 Å². The molecule has 2 aromatic heterocycles. The van der Waals surface area contributed by atoms with Crippen LogP contribution in [0.2, 0.25) is 5.28 Å². The Balaban J connectivity index is 1.81. The highest BCUT2D eigenvalue weighted by molar-refractivity contribution is 6.29. The maximum atomic E-state index is 6.18. The molecule has 3 heterocycles. The summed E-state index contributed by atoms with van der Waals surface area (Å²) in [5.74, 6) is 0. The number of nitrogens with zero attached hydrogens (tertiary/aromatic N) is 5. The summed E-state index contributed by atoms with van der Waals surface area (Å²) in [5, 5.41) is 0.513. The minimum atomic E-state index is 0.513. The first-order chi connectivity index (χ1) is 10.6. The number of rotatable bonds is 1. The smallest absolute Gasteiger partial charge is 0.203 e. The lowest BCUT2D eigenvalue weighted by atomic mass is 10.0. The molecule has 0 aliphatic carbocycles. The number of para-hydroxylation sites is 1. The monoisotopic (exact) mass is 313 g/mol. The van der Waals surface area contributed by atoms with Crippen LogP contribution in [0.3, 0.4) is 0 Å². The number of fused-ring (bicyclic) bond motifs is 2. The van der Waals surface area contributed by atoms with E-state index < -0.39 is 0 Å². The number of benzene rings is 1. The fraction of sp³-hybridized carbons (Fsp3) is 0.312. The lowest BCUT2D eigenvalue weighted by Crippen LogP contribution is -2.32. The topological polar surface area (TPSA) is 46.8 Å². The van der Waals surface area contributed by atoms with Crippen molar-refractivity contribution in [3.63, 3.8) is 0 Å². The van der Waals surface area contributed by atoms with E-state index >= 15 is 0 Å². The standard InChI is InChI=1S/C16H16ClN5/c1-10-11-8-22(7-6-12(11)19-9-18-10)14-5-3-4-13-15(14)20-16(17)21(13)2/h3-5,9H,6-8H2,1-2H3. The average molecular weight is 314 g/mol. The molecule has 0 radical (unpaired) electrons. The minimum Gasteiger partial charge on any atom is -0.365 e. The van der Waals surface area contributed by atoms with Gasteiger partial charge in [-0.1, -0.05) is 6.07 Å². The van der Waals surface area contributed by atoms with Crippen molar-refractivity contribution in [3.05, 3.63) is 46.8 Å². The normalized spacial score (nSPS) is 14.4. The molecule has 1 aliphatic rings. The number of hydrogen-bond acceptors (Lipinski definition) is 4. The summed E-state index contributed by atoms with van der Waals surface area (Å²) in [7, 11) is 1.94. The zero-order valence-electron chi connectivity index (χ0n) is 12.5. The van der Waals surface area contributed by atoms with Crippen molar-refractivity contribution in [1.82, 2.24) is 19.5 Å². The van der Waals surface area contributed by atoms with Gasteiger partial charge < -0.3 is 9.47 Å². The van der Waals surface area contributed by atoms with Gasteiger partial charge >= 0.3 is 0 Å². The van der Waals surface area contributed by atoms with Gasteiger partial charge in [0.2, 0.25) is 5.28 Å².